The SMILES string of the molecule is CCn1cnnc1CCNc1nc(-c2ccncc2)nc2c1CCNC2. The Labute approximate surface area is 152 Å². The third-order valence-electron chi connectivity index (χ3n) is 4.55. The summed E-state index contributed by atoms with van der Waals surface area (Å²) in [5.74, 6) is 2.64. The highest BCUT2D eigenvalue weighted by atomic mass is 15.3. The molecule has 134 valence electrons. The van der Waals surface area contributed by atoms with Gasteiger partial charge in [-0.3, -0.25) is 4.98 Å². The van der Waals surface area contributed by atoms with Crippen LogP contribution in [0.5, 0.6) is 0 Å². The molecule has 0 radical (unpaired) electrons. The summed E-state index contributed by atoms with van der Waals surface area (Å²) in [5, 5.41) is 15.1. The second kappa shape index (κ2) is 7.57. The number of hydrogen-bond acceptors (Lipinski definition) is 7. The predicted octanol–water partition coefficient (Wildman–Crippen LogP) is 1.45. The molecule has 4 heterocycles. The fraction of sp³-hybridized carbons (Fsp3) is 0.389. The van der Waals surface area contributed by atoms with Crippen LogP contribution in [0.3, 0.4) is 0 Å². The van der Waals surface area contributed by atoms with E-state index in [2.05, 4.69) is 37.3 Å². The molecule has 4 rings (SSSR count). The topological polar surface area (TPSA) is 93.4 Å². The molecule has 0 amide bonds. The average Bonchev–Trinajstić information content (AvgIpc) is 3.16. The molecular formula is C18H22N8. The zero-order valence-corrected chi connectivity index (χ0v) is 14.8. The van der Waals surface area contributed by atoms with E-state index in [4.69, 9.17) is 9.97 Å². The van der Waals surface area contributed by atoms with Crippen LogP contribution in [0, 0.1) is 0 Å². The molecule has 8 heteroatoms. The first-order valence-electron chi connectivity index (χ1n) is 8.96. The van der Waals surface area contributed by atoms with Crippen LogP contribution in [-0.2, 0) is 25.9 Å². The Morgan fingerprint density at radius 2 is 2.12 bits per heavy atom. The minimum Gasteiger partial charge on any atom is -0.369 e. The molecule has 0 aliphatic carbocycles. The summed E-state index contributed by atoms with van der Waals surface area (Å²) in [6.45, 7) is 5.45. The van der Waals surface area contributed by atoms with Gasteiger partial charge in [0.05, 0.1) is 5.69 Å². The Balaban J connectivity index is 1.58. The van der Waals surface area contributed by atoms with E-state index in [0.717, 1.165) is 67.7 Å². The van der Waals surface area contributed by atoms with Gasteiger partial charge in [-0.25, -0.2) is 9.97 Å². The Hall–Kier alpha value is -2.87. The Morgan fingerprint density at radius 3 is 2.96 bits per heavy atom. The molecule has 0 aromatic carbocycles. The number of aromatic nitrogens is 6. The summed E-state index contributed by atoms with van der Waals surface area (Å²) in [4.78, 5) is 13.6. The molecule has 0 fully saturated rings. The number of fused-ring (bicyclic) bond motifs is 1. The van der Waals surface area contributed by atoms with Gasteiger partial charge in [0.25, 0.3) is 0 Å². The van der Waals surface area contributed by atoms with Crippen molar-refractivity contribution >= 4 is 5.82 Å². The monoisotopic (exact) mass is 350 g/mol. The highest BCUT2D eigenvalue weighted by Gasteiger charge is 2.18. The van der Waals surface area contributed by atoms with Crippen LogP contribution in [0.4, 0.5) is 5.82 Å². The van der Waals surface area contributed by atoms with Gasteiger partial charge in [-0.2, -0.15) is 0 Å². The number of aryl methyl sites for hydroxylation is 1. The molecule has 1 aliphatic rings. The summed E-state index contributed by atoms with van der Waals surface area (Å²) in [6.07, 6.45) is 7.03. The van der Waals surface area contributed by atoms with Crippen molar-refractivity contribution in [3.63, 3.8) is 0 Å². The van der Waals surface area contributed by atoms with Crippen LogP contribution in [-0.4, -0.2) is 42.8 Å². The molecular weight excluding hydrogens is 328 g/mol. The lowest BCUT2D eigenvalue weighted by Crippen LogP contribution is -2.27. The van der Waals surface area contributed by atoms with Crippen molar-refractivity contribution in [3.8, 4) is 11.4 Å². The lowest BCUT2D eigenvalue weighted by molar-refractivity contribution is 0.624. The van der Waals surface area contributed by atoms with Crippen molar-refractivity contribution < 1.29 is 0 Å². The van der Waals surface area contributed by atoms with Crippen molar-refractivity contribution in [2.24, 2.45) is 0 Å². The smallest absolute Gasteiger partial charge is 0.161 e. The van der Waals surface area contributed by atoms with Crippen LogP contribution in [0.2, 0.25) is 0 Å². The van der Waals surface area contributed by atoms with E-state index in [-0.39, 0.29) is 0 Å². The largest absolute Gasteiger partial charge is 0.369 e. The summed E-state index contributed by atoms with van der Waals surface area (Å²) in [6, 6.07) is 3.87. The maximum atomic E-state index is 4.80. The fourth-order valence-corrected chi connectivity index (χ4v) is 3.17. The van der Waals surface area contributed by atoms with E-state index in [1.54, 1.807) is 18.7 Å². The van der Waals surface area contributed by atoms with Gasteiger partial charge in [0.2, 0.25) is 0 Å². The molecule has 1 aliphatic heterocycles. The van der Waals surface area contributed by atoms with Gasteiger partial charge in [-0.15, -0.1) is 10.2 Å². The Bertz CT molecular complexity index is 874. The molecule has 0 bridgehead atoms. The van der Waals surface area contributed by atoms with Gasteiger partial charge in [0.1, 0.15) is 18.0 Å². The maximum absolute atomic E-state index is 4.80. The summed E-state index contributed by atoms with van der Waals surface area (Å²) < 4.78 is 2.06. The van der Waals surface area contributed by atoms with E-state index >= 15 is 0 Å². The number of nitrogens with one attached hydrogen (secondary N) is 2. The van der Waals surface area contributed by atoms with Gasteiger partial charge in [-0.05, 0) is 32.0 Å². The van der Waals surface area contributed by atoms with E-state index < -0.39 is 0 Å². The van der Waals surface area contributed by atoms with Crippen LogP contribution in [0.25, 0.3) is 11.4 Å². The molecule has 0 saturated carbocycles. The van der Waals surface area contributed by atoms with Crippen molar-refractivity contribution in [1.82, 2.24) is 35.0 Å². The van der Waals surface area contributed by atoms with Gasteiger partial charge in [-0.1, -0.05) is 0 Å². The summed E-state index contributed by atoms with van der Waals surface area (Å²) in [5.41, 5.74) is 3.25. The number of nitrogens with zero attached hydrogens (tertiary/aromatic N) is 6. The second-order valence-corrected chi connectivity index (χ2v) is 6.19. The third-order valence-corrected chi connectivity index (χ3v) is 4.55. The number of pyridine rings is 1. The highest BCUT2D eigenvalue weighted by Crippen LogP contribution is 2.24. The molecule has 2 N–H and O–H groups in total. The fourth-order valence-electron chi connectivity index (χ4n) is 3.17. The first-order chi connectivity index (χ1) is 12.8. The van der Waals surface area contributed by atoms with E-state index in [0.29, 0.717) is 0 Å². The zero-order chi connectivity index (χ0) is 17.8. The summed E-state index contributed by atoms with van der Waals surface area (Å²) >= 11 is 0. The summed E-state index contributed by atoms with van der Waals surface area (Å²) in [7, 11) is 0. The van der Waals surface area contributed by atoms with Crippen LogP contribution < -0.4 is 10.6 Å². The molecule has 0 unspecified atom stereocenters. The van der Waals surface area contributed by atoms with E-state index in [9.17, 15) is 0 Å². The molecule has 0 atom stereocenters. The van der Waals surface area contributed by atoms with Gasteiger partial charge in [0, 0.05) is 49.6 Å². The van der Waals surface area contributed by atoms with Gasteiger partial charge in [0.15, 0.2) is 5.82 Å². The molecule has 0 spiro atoms. The van der Waals surface area contributed by atoms with Gasteiger partial charge >= 0.3 is 0 Å². The van der Waals surface area contributed by atoms with Crippen molar-refractivity contribution in [2.45, 2.75) is 32.9 Å². The normalized spacial score (nSPS) is 13.4. The van der Waals surface area contributed by atoms with E-state index in [1.807, 2.05) is 12.1 Å². The number of anilines is 1. The lowest BCUT2D eigenvalue weighted by Gasteiger charge is -2.20. The number of rotatable bonds is 6. The quantitative estimate of drug-likeness (QED) is 0.695. The second-order valence-electron chi connectivity index (χ2n) is 6.19. The van der Waals surface area contributed by atoms with Crippen LogP contribution >= 0.6 is 0 Å². The Kier molecular flexibility index (Phi) is 4.83. The third kappa shape index (κ3) is 3.41. The first-order valence-corrected chi connectivity index (χ1v) is 8.96. The van der Waals surface area contributed by atoms with Gasteiger partial charge < -0.3 is 15.2 Å². The average molecular weight is 350 g/mol. The Morgan fingerprint density at radius 1 is 1.23 bits per heavy atom. The highest BCUT2D eigenvalue weighted by molar-refractivity contribution is 5.59. The predicted molar refractivity (Wildman–Crippen MR) is 98.6 cm³/mol. The first kappa shape index (κ1) is 16.6. The zero-order valence-electron chi connectivity index (χ0n) is 14.8. The molecule has 8 nitrogen and oxygen atoms in total. The molecule has 0 saturated heterocycles. The molecule has 3 aromatic heterocycles. The number of hydrogen-bond donors (Lipinski definition) is 2. The van der Waals surface area contributed by atoms with Crippen molar-refractivity contribution in [1.29, 1.82) is 0 Å². The van der Waals surface area contributed by atoms with E-state index in [1.165, 1.54) is 5.56 Å². The molecule has 26 heavy (non-hydrogen) atoms. The minimum absolute atomic E-state index is 0.731. The van der Waals surface area contributed by atoms with Crippen molar-refractivity contribution in [2.75, 3.05) is 18.4 Å². The minimum atomic E-state index is 0.731. The lowest BCUT2D eigenvalue weighted by atomic mass is 10.1. The van der Waals surface area contributed by atoms with Crippen LogP contribution in [0.15, 0.2) is 30.9 Å². The van der Waals surface area contributed by atoms with Crippen molar-refractivity contribution in [3.05, 3.63) is 47.9 Å². The maximum Gasteiger partial charge on any atom is 0.161 e. The molecule has 3 aromatic rings. The van der Waals surface area contributed by atoms with Crippen LogP contribution in [0.1, 0.15) is 24.0 Å². The standard InChI is InChI=1S/C18H22N8/c1-2-26-12-22-25-16(26)6-10-21-18-14-5-9-20-11-15(14)23-17(24-18)13-3-7-19-8-4-13/h3-4,7-8,12,20H,2,5-6,9-11H2,1H3,(H,21,23,24).